The minimum atomic E-state index is 0.00766. The highest BCUT2D eigenvalue weighted by atomic mass is 16.1. The lowest BCUT2D eigenvalue weighted by Gasteiger charge is -2.07. The van der Waals surface area contributed by atoms with E-state index in [4.69, 9.17) is 0 Å². The van der Waals surface area contributed by atoms with Crippen molar-refractivity contribution in [1.29, 1.82) is 0 Å². The van der Waals surface area contributed by atoms with E-state index in [0.717, 1.165) is 28.3 Å². The molecule has 0 saturated carbocycles. The van der Waals surface area contributed by atoms with Crippen LogP contribution < -0.4 is 5.32 Å². The first-order chi connectivity index (χ1) is 12.1. The van der Waals surface area contributed by atoms with Gasteiger partial charge in [0.15, 0.2) is 0 Å². The van der Waals surface area contributed by atoms with Crippen LogP contribution in [0.2, 0.25) is 0 Å². The number of amides is 1. The van der Waals surface area contributed by atoms with Crippen molar-refractivity contribution in [3.63, 3.8) is 0 Å². The lowest BCUT2D eigenvalue weighted by atomic mass is 10.1. The molecule has 0 fully saturated rings. The molecule has 25 heavy (non-hydrogen) atoms. The van der Waals surface area contributed by atoms with Crippen LogP contribution in [0.25, 0.3) is 5.69 Å². The fraction of sp³-hybridized carbons (Fsp3) is 0.263. The van der Waals surface area contributed by atoms with Crippen molar-refractivity contribution in [2.24, 2.45) is 0 Å². The SMILES string of the molecule is Cc1cc(C)n(-c2ccc(CCC(=O)NCc3cnccn3)cc2)n1. The number of carbonyl (C=O) groups is 1. The molecule has 3 rings (SSSR count). The lowest BCUT2D eigenvalue weighted by Crippen LogP contribution is -2.23. The Bertz CT molecular complexity index is 840. The lowest BCUT2D eigenvalue weighted by molar-refractivity contribution is -0.121. The van der Waals surface area contributed by atoms with Gasteiger partial charge in [0.1, 0.15) is 0 Å². The van der Waals surface area contributed by atoms with E-state index in [-0.39, 0.29) is 5.91 Å². The van der Waals surface area contributed by atoms with Crippen LogP contribution in [0.5, 0.6) is 0 Å². The monoisotopic (exact) mass is 335 g/mol. The second kappa shape index (κ2) is 7.70. The number of carbonyl (C=O) groups excluding carboxylic acids is 1. The summed E-state index contributed by atoms with van der Waals surface area (Å²) in [5.74, 6) is 0.00766. The topological polar surface area (TPSA) is 72.7 Å². The molecular weight excluding hydrogens is 314 g/mol. The third-order valence-corrected chi connectivity index (χ3v) is 3.91. The molecule has 2 aromatic heterocycles. The Labute approximate surface area is 146 Å². The average Bonchev–Trinajstić information content (AvgIpc) is 2.98. The molecule has 1 N–H and O–H groups in total. The van der Waals surface area contributed by atoms with Crippen LogP contribution in [0, 0.1) is 13.8 Å². The minimum Gasteiger partial charge on any atom is -0.350 e. The second-order valence-electron chi connectivity index (χ2n) is 5.98. The van der Waals surface area contributed by atoms with Crippen LogP contribution in [-0.4, -0.2) is 25.7 Å². The maximum Gasteiger partial charge on any atom is 0.220 e. The standard InChI is InChI=1S/C19H21N5O/c1-14-11-15(2)24(23-14)18-6-3-16(4-7-18)5-8-19(25)22-13-17-12-20-9-10-21-17/h3-4,6-7,9-12H,5,8,13H2,1-2H3,(H,22,25). The molecule has 0 unspecified atom stereocenters. The summed E-state index contributed by atoms with van der Waals surface area (Å²) in [6.07, 6.45) is 6.02. The quantitative estimate of drug-likeness (QED) is 0.751. The van der Waals surface area contributed by atoms with Gasteiger partial charge in [-0.15, -0.1) is 0 Å². The number of benzene rings is 1. The first-order valence-corrected chi connectivity index (χ1v) is 8.26. The number of hydrogen-bond donors (Lipinski definition) is 1. The summed E-state index contributed by atoms with van der Waals surface area (Å²) in [5, 5.41) is 7.34. The zero-order valence-electron chi connectivity index (χ0n) is 14.4. The fourth-order valence-electron chi connectivity index (χ4n) is 2.65. The van der Waals surface area contributed by atoms with E-state index in [0.29, 0.717) is 19.4 Å². The molecule has 0 aliphatic rings. The van der Waals surface area contributed by atoms with Crippen LogP contribution in [0.3, 0.4) is 0 Å². The summed E-state index contributed by atoms with van der Waals surface area (Å²) in [6, 6.07) is 10.2. The molecule has 0 saturated heterocycles. The summed E-state index contributed by atoms with van der Waals surface area (Å²) in [4.78, 5) is 20.1. The summed E-state index contributed by atoms with van der Waals surface area (Å²) in [6.45, 7) is 4.43. The molecule has 0 radical (unpaired) electrons. The van der Waals surface area contributed by atoms with Gasteiger partial charge < -0.3 is 5.32 Å². The van der Waals surface area contributed by atoms with Crippen LogP contribution >= 0.6 is 0 Å². The van der Waals surface area contributed by atoms with Gasteiger partial charge in [0.05, 0.1) is 29.8 Å². The molecule has 6 heteroatoms. The minimum absolute atomic E-state index is 0.00766. The summed E-state index contributed by atoms with van der Waals surface area (Å²) < 4.78 is 1.92. The van der Waals surface area contributed by atoms with Crippen molar-refractivity contribution >= 4 is 5.91 Å². The van der Waals surface area contributed by atoms with E-state index >= 15 is 0 Å². The van der Waals surface area contributed by atoms with Crippen LogP contribution in [0.4, 0.5) is 0 Å². The van der Waals surface area contributed by atoms with E-state index in [9.17, 15) is 4.79 Å². The first-order valence-electron chi connectivity index (χ1n) is 8.26. The van der Waals surface area contributed by atoms with Gasteiger partial charge in [0, 0.05) is 24.5 Å². The van der Waals surface area contributed by atoms with Gasteiger partial charge in [-0.3, -0.25) is 14.8 Å². The zero-order chi connectivity index (χ0) is 17.6. The van der Waals surface area contributed by atoms with E-state index in [1.54, 1.807) is 18.6 Å². The smallest absolute Gasteiger partial charge is 0.220 e. The highest BCUT2D eigenvalue weighted by Crippen LogP contribution is 2.14. The molecule has 0 atom stereocenters. The Morgan fingerprint density at radius 3 is 2.60 bits per heavy atom. The molecule has 2 heterocycles. The van der Waals surface area contributed by atoms with E-state index in [2.05, 4.69) is 26.4 Å². The molecule has 3 aromatic rings. The van der Waals surface area contributed by atoms with Crippen LogP contribution in [0.1, 0.15) is 29.1 Å². The molecule has 1 amide bonds. The molecule has 128 valence electrons. The summed E-state index contributed by atoms with van der Waals surface area (Å²) >= 11 is 0. The normalized spacial score (nSPS) is 10.6. The summed E-state index contributed by atoms with van der Waals surface area (Å²) in [5.41, 5.74) is 5.02. The van der Waals surface area contributed by atoms with Gasteiger partial charge in [-0.2, -0.15) is 5.10 Å². The molecular formula is C19H21N5O. The highest BCUT2D eigenvalue weighted by molar-refractivity contribution is 5.76. The summed E-state index contributed by atoms with van der Waals surface area (Å²) in [7, 11) is 0. The maximum atomic E-state index is 12.0. The molecule has 0 aliphatic heterocycles. The molecule has 1 aromatic carbocycles. The Morgan fingerprint density at radius 1 is 1.16 bits per heavy atom. The van der Waals surface area contributed by atoms with Crippen molar-refractivity contribution in [3.8, 4) is 5.69 Å². The molecule has 0 spiro atoms. The number of rotatable bonds is 6. The van der Waals surface area contributed by atoms with E-state index in [1.807, 2.05) is 42.8 Å². The van der Waals surface area contributed by atoms with E-state index in [1.165, 1.54) is 0 Å². The van der Waals surface area contributed by atoms with Crippen molar-refractivity contribution in [1.82, 2.24) is 25.1 Å². The molecule has 0 bridgehead atoms. The van der Waals surface area contributed by atoms with Crippen molar-refractivity contribution in [2.75, 3.05) is 0 Å². The van der Waals surface area contributed by atoms with Gasteiger partial charge in [-0.05, 0) is 44.0 Å². The Hall–Kier alpha value is -3.02. The zero-order valence-corrected chi connectivity index (χ0v) is 14.4. The van der Waals surface area contributed by atoms with Crippen molar-refractivity contribution in [3.05, 3.63) is 71.6 Å². The van der Waals surface area contributed by atoms with Gasteiger partial charge in [0.2, 0.25) is 5.91 Å². The predicted molar refractivity (Wildman–Crippen MR) is 95.2 cm³/mol. The predicted octanol–water partition coefficient (Wildman–Crippen LogP) is 2.53. The van der Waals surface area contributed by atoms with Crippen LogP contribution in [-0.2, 0) is 17.8 Å². The van der Waals surface area contributed by atoms with Gasteiger partial charge >= 0.3 is 0 Å². The number of nitrogens with one attached hydrogen (secondary N) is 1. The number of nitrogens with zero attached hydrogens (tertiary/aromatic N) is 4. The third-order valence-electron chi connectivity index (χ3n) is 3.91. The fourth-order valence-corrected chi connectivity index (χ4v) is 2.65. The number of hydrogen-bond acceptors (Lipinski definition) is 4. The third kappa shape index (κ3) is 4.50. The highest BCUT2D eigenvalue weighted by Gasteiger charge is 2.06. The Morgan fingerprint density at radius 2 is 1.96 bits per heavy atom. The van der Waals surface area contributed by atoms with E-state index < -0.39 is 0 Å². The second-order valence-corrected chi connectivity index (χ2v) is 5.98. The first kappa shape index (κ1) is 16.8. The van der Waals surface area contributed by atoms with Gasteiger partial charge in [-0.25, -0.2) is 4.68 Å². The van der Waals surface area contributed by atoms with Crippen LogP contribution in [0.15, 0.2) is 48.9 Å². The maximum absolute atomic E-state index is 12.0. The van der Waals surface area contributed by atoms with Gasteiger partial charge in [0.25, 0.3) is 0 Å². The van der Waals surface area contributed by atoms with Crippen molar-refractivity contribution < 1.29 is 4.79 Å². The molecule has 6 nitrogen and oxygen atoms in total. The Balaban J connectivity index is 1.51. The largest absolute Gasteiger partial charge is 0.350 e. The number of aryl methyl sites for hydroxylation is 3. The van der Waals surface area contributed by atoms with Gasteiger partial charge in [-0.1, -0.05) is 12.1 Å². The molecule has 0 aliphatic carbocycles. The Kier molecular flexibility index (Phi) is 5.18. The number of aromatic nitrogens is 4. The average molecular weight is 335 g/mol. The van der Waals surface area contributed by atoms with Crippen molar-refractivity contribution in [2.45, 2.75) is 33.2 Å².